The van der Waals surface area contributed by atoms with Crippen molar-refractivity contribution in [1.29, 1.82) is 0 Å². The number of benzene rings is 1. The fraction of sp³-hybridized carbons (Fsp3) is 0.222. The largest absolute Gasteiger partial charge is 0.479 e. The molecule has 0 aliphatic carbocycles. The number of aliphatic carboxylic acids is 1. The van der Waals surface area contributed by atoms with E-state index in [0.29, 0.717) is 15.6 Å². The molecule has 0 saturated heterocycles. The molecule has 76 valence electrons. The number of aliphatic hydroxyl groups is 1. The van der Waals surface area contributed by atoms with Crippen LogP contribution in [0.25, 0.3) is 0 Å². The van der Waals surface area contributed by atoms with Crippen LogP contribution in [-0.4, -0.2) is 22.3 Å². The zero-order valence-electron chi connectivity index (χ0n) is 7.08. The van der Waals surface area contributed by atoms with Crippen molar-refractivity contribution in [3.8, 4) is 0 Å². The maximum atomic E-state index is 10.4. The van der Waals surface area contributed by atoms with Crippen molar-refractivity contribution in [1.82, 2.24) is 0 Å². The average molecular weight is 235 g/mol. The van der Waals surface area contributed by atoms with Gasteiger partial charge in [0.05, 0.1) is 0 Å². The topological polar surface area (TPSA) is 57.5 Å². The van der Waals surface area contributed by atoms with E-state index in [2.05, 4.69) is 0 Å². The third-order valence-corrected chi connectivity index (χ3v) is 2.31. The maximum absolute atomic E-state index is 10.4. The molecule has 5 heteroatoms. The molecule has 1 atom stereocenters. The van der Waals surface area contributed by atoms with Crippen LogP contribution in [0.1, 0.15) is 5.56 Å². The van der Waals surface area contributed by atoms with Gasteiger partial charge < -0.3 is 10.2 Å². The molecule has 0 aliphatic rings. The Bertz CT molecular complexity index is 352. The monoisotopic (exact) mass is 234 g/mol. The van der Waals surface area contributed by atoms with Crippen molar-refractivity contribution in [2.75, 3.05) is 0 Å². The molecule has 3 nitrogen and oxygen atoms in total. The quantitative estimate of drug-likeness (QED) is 0.842. The molecular formula is C9H8Cl2O3. The Labute approximate surface area is 90.9 Å². The second-order valence-corrected chi connectivity index (χ2v) is 3.64. The predicted octanol–water partition coefficient (Wildman–Crippen LogP) is 1.98. The maximum Gasteiger partial charge on any atom is 0.332 e. The summed E-state index contributed by atoms with van der Waals surface area (Å²) in [5.41, 5.74) is 0.522. The Kier molecular flexibility index (Phi) is 3.75. The fourth-order valence-corrected chi connectivity index (χ4v) is 1.38. The summed E-state index contributed by atoms with van der Waals surface area (Å²) < 4.78 is 0. The predicted molar refractivity (Wildman–Crippen MR) is 53.8 cm³/mol. The van der Waals surface area contributed by atoms with E-state index in [1.165, 1.54) is 6.07 Å². The first-order chi connectivity index (χ1) is 6.50. The van der Waals surface area contributed by atoms with Crippen molar-refractivity contribution in [3.05, 3.63) is 33.8 Å². The van der Waals surface area contributed by atoms with Gasteiger partial charge in [-0.1, -0.05) is 23.2 Å². The van der Waals surface area contributed by atoms with Crippen molar-refractivity contribution in [2.45, 2.75) is 12.5 Å². The number of carboxylic acid groups (broad SMARTS) is 1. The lowest BCUT2D eigenvalue weighted by molar-refractivity contribution is -0.146. The third-order valence-electron chi connectivity index (χ3n) is 1.71. The molecule has 0 fully saturated rings. The van der Waals surface area contributed by atoms with Gasteiger partial charge in [0.1, 0.15) is 0 Å². The van der Waals surface area contributed by atoms with Gasteiger partial charge in [0.2, 0.25) is 0 Å². The Hall–Kier alpha value is -0.770. The van der Waals surface area contributed by atoms with Gasteiger partial charge in [0.15, 0.2) is 6.10 Å². The molecule has 0 heterocycles. The molecule has 1 rings (SSSR count). The molecule has 0 aromatic heterocycles. The van der Waals surface area contributed by atoms with Crippen molar-refractivity contribution in [3.63, 3.8) is 0 Å². The van der Waals surface area contributed by atoms with E-state index in [9.17, 15) is 4.79 Å². The van der Waals surface area contributed by atoms with E-state index in [-0.39, 0.29) is 6.42 Å². The number of carbonyl (C=O) groups is 1. The number of rotatable bonds is 3. The number of halogens is 2. The van der Waals surface area contributed by atoms with Crippen LogP contribution in [0.2, 0.25) is 10.0 Å². The van der Waals surface area contributed by atoms with E-state index in [0.717, 1.165) is 0 Å². The average Bonchev–Trinajstić information content (AvgIpc) is 2.11. The zero-order chi connectivity index (χ0) is 10.7. The van der Waals surface area contributed by atoms with Gasteiger partial charge in [-0.05, 0) is 23.8 Å². The van der Waals surface area contributed by atoms with Gasteiger partial charge in [0.25, 0.3) is 0 Å². The second-order valence-electron chi connectivity index (χ2n) is 2.79. The summed E-state index contributed by atoms with van der Waals surface area (Å²) in [6.45, 7) is 0. The number of hydrogen-bond donors (Lipinski definition) is 2. The molecule has 0 bridgehead atoms. The highest BCUT2D eigenvalue weighted by atomic mass is 35.5. The molecule has 14 heavy (non-hydrogen) atoms. The number of carboxylic acids is 1. The minimum absolute atomic E-state index is 0.0469. The zero-order valence-corrected chi connectivity index (χ0v) is 8.59. The first-order valence-electron chi connectivity index (χ1n) is 3.85. The van der Waals surface area contributed by atoms with Crippen LogP contribution in [0, 0.1) is 0 Å². The summed E-state index contributed by atoms with van der Waals surface area (Å²) in [6.07, 6.45) is -1.50. The van der Waals surface area contributed by atoms with Crippen molar-refractivity contribution >= 4 is 29.2 Å². The second kappa shape index (κ2) is 4.64. The van der Waals surface area contributed by atoms with Crippen molar-refractivity contribution in [2.24, 2.45) is 0 Å². The number of aliphatic hydroxyl groups excluding tert-OH is 1. The molecule has 0 amide bonds. The molecule has 0 radical (unpaired) electrons. The van der Waals surface area contributed by atoms with Gasteiger partial charge >= 0.3 is 5.97 Å². The lowest BCUT2D eigenvalue weighted by Crippen LogP contribution is -2.22. The number of hydrogen-bond acceptors (Lipinski definition) is 2. The summed E-state index contributed by atoms with van der Waals surface area (Å²) >= 11 is 11.5. The normalized spacial score (nSPS) is 12.5. The van der Waals surface area contributed by atoms with Crippen LogP contribution in [0.4, 0.5) is 0 Å². The third kappa shape index (κ3) is 2.87. The Morgan fingerprint density at radius 2 is 2.07 bits per heavy atom. The lowest BCUT2D eigenvalue weighted by atomic mass is 10.1. The smallest absolute Gasteiger partial charge is 0.332 e. The summed E-state index contributed by atoms with van der Waals surface area (Å²) in [6, 6.07) is 4.70. The van der Waals surface area contributed by atoms with E-state index < -0.39 is 12.1 Å². The van der Waals surface area contributed by atoms with E-state index in [4.69, 9.17) is 33.4 Å². The summed E-state index contributed by atoms with van der Waals surface area (Å²) in [4.78, 5) is 10.4. The van der Waals surface area contributed by atoms with Gasteiger partial charge in [-0.2, -0.15) is 0 Å². The minimum atomic E-state index is -1.45. The Balaban J connectivity index is 2.85. The molecule has 1 aromatic rings. The SMILES string of the molecule is O=C(O)C(O)Cc1cc(Cl)ccc1Cl. The molecule has 0 saturated carbocycles. The molecular weight excluding hydrogens is 227 g/mol. The fourth-order valence-electron chi connectivity index (χ4n) is 0.995. The molecule has 0 aliphatic heterocycles. The lowest BCUT2D eigenvalue weighted by Gasteiger charge is -2.07. The summed E-state index contributed by atoms with van der Waals surface area (Å²) in [5.74, 6) is -1.28. The van der Waals surface area contributed by atoms with Crippen LogP contribution >= 0.6 is 23.2 Å². The summed E-state index contributed by atoms with van der Waals surface area (Å²) in [5, 5.41) is 18.4. The molecule has 1 unspecified atom stereocenters. The highest BCUT2D eigenvalue weighted by Crippen LogP contribution is 2.21. The molecule has 1 aromatic carbocycles. The standard InChI is InChI=1S/C9H8Cl2O3/c10-6-1-2-7(11)5(3-6)4-8(12)9(13)14/h1-3,8,12H,4H2,(H,13,14). The van der Waals surface area contributed by atoms with Crippen LogP contribution in [0.5, 0.6) is 0 Å². The Morgan fingerprint density at radius 3 is 2.64 bits per heavy atom. The van der Waals surface area contributed by atoms with E-state index in [1.54, 1.807) is 12.1 Å². The van der Waals surface area contributed by atoms with Crippen LogP contribution in [0.3, 0.4) is 0 Å². The molecule has 2 N–H and O–H groups in total. The first-order valence-corrected chi connectivity index (χ1v) is 4.61. The van der Waals surface area contributed by atoms with E-state index >= 15 is 0 Å². The highest BCUT2D eigenvalue weighted by Gasteiger charge is 2.15. The highest BCUT2D eigenvalue weighted by molar-refractivity contribution is 6.33. The first kappa shape index (κ1) is 11.3. The van der Waals surface area contributed by atoms with Crippen LogP contribution in [-0.2, 0) is 11.2 Å². The van der Waals surface area contributed by atoms with E-state index in [1.807, 2.05) is 0 Å². The minimum Gasteiger partial charge on any atom is -0.479 e. The summed E-state index contributed by atoms with van der Waals surface area (Å²) in [7, 11) is 0. The Morgan fingerprint density at radius 1 is 1.43 bits per heavy atom. The van der Waals surface area contributed by atoms with Gasteiger partial charge in [-0.3, -0.25) is 0 Å². The van der Waals surface area contributed by atoms with Gasteiger partial charge in [-0.25, -0.2) is 4.79 Å². The van der Waals surface area contributed by atoms with Gasteiger partial charge in [0, 0.05) is 16.5 Å². The van der Waals surface area contributed by atoms with Gasteiger partial charge in [-0.15, -0.1) is 0 Å². The molecule has 0 spiro atoms. The van der Waals surface area contributed by atoms with Crippen LogP contribution < -0.4 is 0 Å². The van der Waals surface area contributed by atoms with Crippen LogP contribution in [0.15, 0.2) is 18.2 Å². The van der Waals surface area contributed by atoms with Crippen molar-refractivity contribution < 1.29 is 15.0 Å².